The van der Waals surface area contributed by atoms with Gasteiger partial charge >= 0.3 is 0 Å². The first-order valence-electron chi connectivity index (χ1n) is 6.99. The summed E-state index contributed by atoms with van der Waals surface area (Å²) in [6.07, 6.45) is 2.67. The summed E-state index contributed by atoms with van der Waals surface area (Å²) in [5.74, 6) is 0. The lowest BCUT2D eigenvalue weighted by Gasteiger charge is -2.15. The third kappa shape index (κ3) is 2.99. The van der Waals surface area contributed by atoms with E-state index in [-0.39, 0.29) is 6.04 Å². The van der Waals surface area contributed by atoms with Gasteiger partial charge in [-0.3, -0.25) is 4.98 Å². The molecule has 0 fully saturated rings. The van der Waals surface area contributed by atoms with Gasteiger partial charge in [-0.1, -0.05) is 46.3 Å². The van der Waals surface area contributed by atoms with Crippen LogP contribution in [-0.2, 0) is 6.42 Å². The van der Waals surface area contributed by atoms with Gasteiger partial charge in [0.25, 0.3) is 0 Å². The van der Waals surface area contributed by atoms with Crippen LogP contribution in [0.4, 0.5) is 0 Å². The smallest absolute Gasteiger partial charge is 0.0704 e. The van der Waals surface area contributed by atoms with Crippen molar-refractivity contribution in [3.63, 3.8) is 0 Å². The summed E-state index contributed by atoms with van der Waals surface area (Å²) < 4.78 is 1.12. The van der Waals surface area contributed by atoms with E-state index in [0.717, 1.165) is 22.0 Å². The zero-order valence-corrected chi connectivity index (χ0v) is 13.5. The van der Waals surface area contributed by atoms with Gasteiger partial charge in [0.2, 0.25) is 0 Å². The van der Waals surface area contributed by atoms with E-state index in [2.05, 4.69) is 58.2 Å². The fraction of sp³-hybridized carbons (Fsp3) is 0.167. The number of nitrogens with zero attached hydrogens (tertiary/aromatic N) is 1. The summed E-state index contributed by atoms with van der Waals surface area (Å²) in [7, 11) is 0. The van der Waals surface area contributed by atoms with Gasteiger partial charge in [0.05, 0.1) is 5.52 Å². The minimum Gasteiger partial charge on any atom is -0.324 e. The van der Waals surface area contributed by atoms with Crippen molar-refractivity contribution < 1.29 is 0 Å². The summed E-state index contributed by atoms with van der Waals surface area (Å²) in [4.78, 5) is 4.40. The molecule has 0 saturated heterocycles. The molecular formula is C18H17BrN2. The SMILES string of the molecule is Cc1cc(C(N)Cc2ccnc3ccccc23)ccc1Br. The quantitative estimate of drug-likeness (QED) is 0.759. The first kappa shape index (κ1) is 14.2. The number of hydrogen-bond donors (Lipinski definition) is 1. The Labute approximate surface area is 133 Å². The third-order valence-electron chi connectivity index (χ3n) is 3.79. The highest BCUT2D eigenvalue weighted by atomic mass is 79.9. The predicted octanol–water partition coefficient (Wildman–Crippen LogP) is 4.55. The lowest BCUT2D eigenvalue weighted by Crippen LogP contribution is -2.13. The first-order valence-corrected chi connectivity index (χ1v) is 7.78. The first-order chi connectivity index (χ1) is 10.1. The largest absolute Gasteiger partial charge is 0.324 e. The molecule has 1 atom stereocenters. The van der Waals surface area contributed by atoms with Crippen LogP contribution in [0.1, 0.15) is 22.7 Å². The maximum absolute atomic E-state index is 6.40. The van der Waals surface area contributed by atoms with E-state index in [1.54, 1.807) is 0 Å². The second-order valence-electron chi connectivity index (χ2n) is 5.31. The number of nitrogens with two attached hydrogens (primary N) is 1. The molecule has 0 amide bonds. The van der Waals surface area contributed by atoms with Crippen molar-refractivity contribution >= 4 is 26.8 Å². The molecule has 106 valence electrons. The van der Waals surface area contributed by atoms with E-state index in [1.165, 1.54) is 16.5 Å². The molecule has 3 rings (SSSR count). The highest BCUT2D eigenvalue weighted by molar-refractivity contribution is 9.10. The Bertz CT molecular complexity index is 778. The number of aromatic nitrogens is 1. The Kier molecular flexibility index (Phi) is 4.04. The van der Waals surface area contributed by atoms with E-state index in [1.807, 2.05) is 24.4 Å². The molecule has 3 heteroatoms. The van der Waals surface area contributed by atoms with Crippen LogP contribution in [0.5, 0.6) is 0 Å². The molecule has 0 bridgehead atoms. The van der Waals surface area contributed by atoms with E-state index >= 15 is 0 Å². The van der Waals surface area contributed by atoms with Gasteiger partial charge in [-0.25, -0.2) is 0 Å². The molecule has 0 radical (unpaired) electrons. The molecule has 0 saturated carbocycles. The molecule has 0 aliphatic rings. The number of hydrogen-bond acceptors (Lipinski definition) is 2. The summed E-state index contributed by atoms with van der Waals surface area (Å²) in [6, 6.07) is 16.6. The van der Waals surface area contributed by atoms with Crippen LogP contribution in [0, 0.1) is 6.92 Å². The van der Waals surface area contributed by atoms with Gasteiger partial charge in [0, 0.05) is 22.1 Å². The number of pyridine rings is 1. The van der Waals surface area contributed by atoms with Crippen molar-refractivity contribution in [2.24, 2.45) is 5.73 Å². The minimum absolute atomic E-state index is 0.0115. The third-order valence-corrected chi connectivity index (χ3v) is 4.68. The van der Waals surface area contributed by atoms with Crippen molar-refractivity contribution in [3.05, 3.63) is 75.9 Å². The van der Waals surface area contributed by atoms with Crippen LogP contribution in [-0.4, -0.2) is 4.98 Å². The number of fused-ring (bicyclic) bond motifs is 1. The maximum Gasteiger partial charge on any atom is 0.0704 e. The Morgan fingerprint density at radius 1 is 1.14 bits per heavy atom. The summed E-state index contributed by atoms with van der Waals surface area (Å²) in [5.41, 5.74) is 11.0. The van der Waals surface area contributed by atoms with Crippen molar-refractivity contribution in [1.82, 2.24) is 4.98 Å². The van der Waals surface area contributed by atoms with Crippen molar-refractivity contribution in [1.29, 1.82) is 0 Å². The van der Waals surface area contributed by atoms with Gasteiger partial charge in [0.15, 0.2) is 0 Å². The number of para-hydroxylation sites is 1. The maximum atomic E-state index is 6.40. The van der Waals surface area contributed by atoms with E-state index in [9.17, 15) is 0 Å². The summed E-state index contributed by atoms with van der Waals surface area (Å²) in [5, 5.41) is 1.18. The number of benzene rings is 2. The van der Waals surface area contributed by atoms with Crippen LogP contribution in [0.25, 0.3) is 10.9 Å². The normalized spacial score (nSPS) is 12.5. The highest BCUT2D eigenvalue weighted by Gasteiger charge is 2.10. The van der Waals surface area contributed by atoms with E-state index < -0.39 is 0 Å². The molecule has 0 aliphatic heterocycles. The topological polar surface area (TPSA) is 38.9 Å². The van der Waals surface area contributed by atoms with Crippen molar-refractivity contribution in [2.45, 2.75) is 19.4 Å². The van der Waals surface area contributed by atoms with Crippen LogP contribution >= 0.6 is 15.9 Å². The summed E-state index contributed by atoms with van der Waals surface area (Å²) >= 11 is 3.53. The molecule has 1 heterocycles. The summed E-state index contributed by atoms with van der Waals surface area (Å²) in [6.45, 7) is 2.09. The minimum atomic E-state index is -0.0115. The Morgan fingerprint density at radius 2 is 1.95 bits per heavy atom. The predicted molar refractivity (Wildman–Crippen MR) is 91.3 cm³/mol. The molecule has 2 N–H and O–H groups in total. The monoisotopic (exact) mass is 340 g/mol. The van der Waals surface area contributed by atoms with Crippen LogP contribution < -0.4 is 5.73 Å². The molecule has 0 spiro atoms. The lowest BCUT2D eigenvalue weighted by atomic mass is 9.96. The fourth-order valence-corrected chi connectivity index (χ4v) is 2.83. The molecule has 1 aromatic heterocycles. The second-order valence-corrected chi connectivity index (χ2v) is 6.16. The van der Waals surface area contributed by atoms with Gasteiger partial charge < -0.3 is 5.73 Å². The number of halogens is 1. The molecular weight excluding hydrogens is 324 g/mol. The van der Waals surface area contributed by atoms with Crippen molar-refractivity contribution in [2.75, 3.05) is 0 Å². The fourth-order valence-electron chi connectivity index (χ4n) is 2.59. The molecule has 1 unspecified atom stereocenters. The van der Waals surface area contributed by atoms with Gasteiger partial charge in [-0.05, 0) is 48.2 Å². The van der Waals surface area contributed by atoms with Crippen molar-refractivity contribution in [3.8, 4) is 0 Å². The lowest BCUT2D eigenvalue weighted by molar-refractivity contribution is 0.724. The second kappa shape index (κ2) is 5.96. The van der Waals surface area contributed by atoms with E-state index in [4.69, 9.17) is 5.73 Å². The Balaban J connectivity index is 1.92. The van der Waals surface area contributed by atoms with E-state index in [0.29, 0.717) is 0 Å². The average molecular weight is 341 g/mol. The van der Waals surface area contributed by atoms with Gasteiger partial charge in [-0.2, -0.15) is 0 Å². The Morgan fingerprint density at radius 3 is 2.76 bits per heavy atom. The van der Waals surface area contributed by atoms with Gasteiger partial charge in [-0.15, -0.1) is 0 Å². The molecule has 2 aromatic carbocycles. The molecule has 2 nitrogen and oxygen atoms in total. The molecule has 0 aliphatic carbocycles. The number of rotatable bonds is 3. The Hall–Kier alpha value is -1.71. The van der Waals surface area contributed by atoms with Crippen LogP contribution in [0.15, 0.2) is 59.2 Å². The highest BCUT2D eigenvalue weighted by Crippen LogP contribution is 2.25. The zero-order valence-electron chi connectivity index (χ0n) is 11.9. The van der Waals surface area contributed by atoms with Crippen LogP contribution in [0.3, 0.4) is 0 Å². The van der Waals surface area contributed by atoms with Gasteiger partial charge in [0.1, 0.15) is 0 Å². The molecule has 21 heavy (non-hydrogen) atoms. The zero-order chi connectivity index (χ0) is 14.8. The average Bonchev–Trinajstić information content (AvgIpc) is 2.50. The molecule has 3 aromatic rings. The van der Waals surface area contributed by atoms with Crippen LogP contribution in [0.2, 0.25) is 0 Å². The number of aryl methyl sites for hydroxylation is 1. The standard InChI is InChI=1S/C18H17BrN2/c1-12-10-14(6-7-16(12)19)17(20)11-13-8-9-21-18-5-3-2-4-15(13)18/h2-10,17H,11,20H2,1H3.